The molecular formula is C23H31N3O4. The number of nitrogens with one attached hydrogen (secondary N) is 3. The highest BCUT2D eigenvalue weighted by molar-refractivity contribution is 5.96. The lowest BCUT2D eigenvalue weighted by Crippen LogP contribution is -2.25. The van der Waals surface area contributed by atoms with Crippen LogP contribution in [0.1, 0.15) is 36.5 Å². The van der Waals surface area contributed by atoms with Gasteiger partial charge in [0.1, 0.15) is 5.75 Å². The first-order valence-corrected chi connectivity index (χ1v) is 10.3. The van der Waals surface area contributed by atoms with Gasteiger partial charge < -0.3 is 25.4 Å². The van der Waals surface area contributed by atoms with Crippen molar-refractivity contribution in [1.29, 1.82) is 0 Å². The van der Waals surface area contributed by atoms with Gasteiger partial charge in [0.2, 0.25) is 5.91 Å². The van der Waals surface area contributed by atoms with Gasteiger partial charge in [0, 0.05) is 31.5 Å². The molecule has 0 aliphatic heterocycles. The van der Waals surface area contributed by atoms with E-state index in [-0.39, 0.29) is 18.4 Å². The van der Waals surface area contributed by atoms with Crippen molar-refractivity contribution in [2.24, 2.45) is 0 Å². The summed E-state index contributed by atoms with van der Waals surface area (Å²) in [4.78, 5) is 24.6. The van der Waals surface area contributed by atoms with Crippen LogP contribution < -0.4 is 20.7 Å². The Bertz CT molecular complexity index is 811. The standard InChI is InChI=1S/C23H31N3O4/c1-3-4-15-30-21-12-6-5-11-20(21)26-22(27)17-25-19-10-7-9-18(16-19)23(28)24-13-8-14-29-2/h5-7,9-12,16,25H,3-4,8,13-15,17H2,1-2H3,(H,24,28)(H,26,27). The Kier molecular flexibility index (Phi) is 10.2. The third-order valence-electron chi connectivity index (χ3n) is 4.31. The summed E-state index contributed by atoms with van der Waals surface area (Å²) in [5.41, 5.74) is 1.87. The lowest BCUT2D eigenvalue weighted by Gasteiger charge is -2.13. The van der Waals surface area contributed by atoms with Crippen molar-refractivity contribution in [1.82, 2.24) is 5.32 Å². The molecule has 30 heavy (non-hydrogen) atoms. The van der Waals surface area contributed by atoms with E-state index >= 15 is 0 Å². The Balaban J connectivity index is 1.86. The minimum Gasteiger partial charge on any atom is -0.491 e. The van der Waals surface area contributed by atoms with Gasteiger partial charge in [0.05, 0.1) is 18.8 Å². The average Bonchev–Trinajstić information content (AvgIpc) is 2.77. The van der Waals surface area contributed by atoms with Gasteiger partial charge in [-0.1, -0.05) is 31.5 Å². The van der Waals surface area contributed by atoms with Gasteiger partial charge in [0.25, 0.3) is 5.91 Å². The normalized spacial score (nSPS) is 10.3. The van der Waals surface area contributed by atoms with Crippen LogP contribution in [-0.2, 0) is 9.53 Å². The lowest BCUT2D eigenvalue weighted by atomic mass is 10.2. The van der Waals surface area contributed by atoms with E-state index in [1.54, 1.807) is 25.3 Å². The van der Waals surface area contributed by atoms with E-state index in [9.17, 15) is 9.59 Å². The van der Waals surface area contributed by atoms with Crippen LogP contribution in [0.15, 0.2) is 48.5 Å². The molecule has 0 heterocycles. The molecule has 0 atom stereocenters. The van der Waals surface area contributed by atoms with Crippen molar-refractivity contribution in [3.05, 3.63) is 54.1 Å². The van der Waals surface area contributed by atoms with E-state index in [4.69, 9.17) is 9.47 Å². The second-order valence-electron chi connectivity index (χ2n) is 6.78. The second kappa shape index (κ2) is 13.2. The Morgan fingerprint density at radius 1 is 1.00 bits per heavy atom. The maximum absolute atomic E-state index is 12.4. The summed E-state index contributed by atoms with van der Waals surface area (Å²) in [6.45, 7) is 3.93. The molecule has 2 aromatic carbocycles. The van der Waals surface area contributed by atoms with Crippen LogP contribution in [0, 0.1) is 0 Å². The number of rotatable bonds is 13. The second-order valence-corrected chi connectivity index (χ2v) is 6.78. The fraction of sp³-hybridized carbons (Fsp3) is 0.391. The highest BCUT2D eigenvalue weighted by atomic mass is 16.5. The van der Waals surface area contributed by atoms with Crippen LogP contribution in [0.5, 0.6) is 5.75 Å². The number of carbonyl (C=O) groups is 2. The summed E-state index contributed by atoms with van der Waals surface area (Å²) >= 11 is 0. The molecule has 0 unspecified atom stereocenters. The SMILES string of the molecule is CCCCOc1ccccc1NC(=O)CNc1cccc(C(=O)NCCCOC)c1. The summed E-state index contributed by atoms with van der Waals surface area (Å²) in [7, 11) is 1.63. The summed E-state index contributed by atoms with van der Waals surface area (Å²) in [6.07, 6.45) is 2.76. The van der Waals surface area contributed by atoms with Crippen molar-refractivity contribution >= 4 is 23.2 Å². The number of hydrogen-bond donors (Lipinski definition) is 3. The number of hydrogen-bond acceptors (Lipinski definition) is 5. The molecule has 7 heteroatoms. The molecule has 0 radical (unpaired) electrons. The number of methoxy groups -OCH3 is 1. The highest BCUT2D eigenvalue weighted by Crippen LogP contribution is 2.24. The zero-order chi connectivity index (χ0) is 21.6. The van der Waals surface area contributed by atoms with Crippen LogP contribution in [-0.4, -0.2) is 45.2 Å². The number of ether oxygens (including phenoxy) is 2. The van der Waals surface area contributed by atoms with Crippen LogP contribution in [0.3, 0.4) is 0 Å². The van der Waals surface area contributed by atoms with Crippen molar-refractivity contribution in [3.63, 3.8) is 0 Å². The Labute approximate surface area is 178 Å². The first-order chi connectivity index (χ1) is 14.6. The fourth-order valence-electron chi connectivity index (χ4n) is 2.69. The number of unbranched alkanes of at least 4 members (excludes halogenated alkanes) is 1. The number of para-hydroxylation sites is 2. The zero-order valence-electron chi connectivity index (χ0n) is 17.7. The summed E-state index contributed by atoms with van der Waals surface area (Å²) in [5, 5.41) is 8.77. The molecule has 0 aliphatic rings. The van der Waals surface area contributed by atoms with Gasteiger partial charge in [0.15, 0.2) is 0 Å². The maximum atomic E-state index is 12.4. The molecule has 0 saturated heterocycles. The first-order valence-electron chi connectivity index (χ1n) is 10.3. The molecular weight excluding hydrogens is 382 g/mol. The molecule has 0 aromatic heterocycles. The van der Waals surface area contributed by atoms with Gasteiger partial charge in [-0.25, -0.2) is 0 Å². The Morgan fingerprint density at radius 2 is 1.83 bits per heavy atom. The predicted molar refractivity (Wildman–Crippen MR) is 119 cm³/mol. The van der Waals surface area contributed by atoms with E-state index in [0.29, 0.717) is 42.4 Å². The predicted octanol–water partition coefficient (Wildman–Crippen LogP) is 3.68. The van der Waals surface area contributed by atoms with E-state index < -0.39 is 0 Å². The molecule has 2 rings (SSSR count). The molecule has 0 spiro atoms. The van der Waals surface area contributed by atoms with Gasteiger partial charge >= 0.3 is 0 Å². The highest BCUT2D eigenvalue weighted by Gasteiger charge is 2.09. The summed E-state index contributed by atoms with van der Waals surface area (Å²) in [6, 6.07) is 14.4. The molecule has 2 aromatic rings. The Morgan fingerprint density at radius 3 is 2.63 bits per heavy atom. The van der Waals surface area contributed by atoms with Gasteiger partial charge in [-0.05, 0) is 43.2 Å². The van der Waals surface area contributed by atoms with Crippen LogP contribution >= 0.6 is 0 Å². The minimum absolute atomic E-state index is 0.0716. The van der Waals surface area contributed by atoms with Crippen molar-refractivity contribution < 1.29 is 19.1 Å². The van der Waals surface area contributed by atoms with Crippen molar-refractivity contribution in [2.45, 2.75) is 26.2 Å². The fourth-order valence-corrected chi connectivity index (χ4v) is 2.69. The third kappa shape index (κ3) is 8.13. The molecule has 7 nitrogen and oxygen atoms in total. The quantitative estimate of drug-likeness (QED) is 0.436. The van der Waals surface area contributed by atoms with Crippen molar-refractivity contribution in [2.75, 3.05) is 44.0 Å². The molecule has 3 N–H and O–H groups in total. The maximum Gasteiger partial charge on any atom is 0.251 e. The van der Waals surface area contributed by atoms with E-state index in [1.165, 1.54) is 0 Å². The number of amides is 2. The lowest BCUT2D eigenvalue weighted by molar-refractivity contribution is -0.114. The Hall–Kier alpha value is -3.06. The molecule has 0 aliphatic carbocycles. The van der Waals surface area contributed by atoms with E-state index in [2.05, 4.69) is 22.9 Å². The van der Waals surface area contributed by atoms with Crippen LogP contribution in [0.4, 0.5) is 11.4 Å². The van der Waals surface area contributed by atoms with Gasteiger partial charge in [-0.3, -0.25) is 9.59 Å². The van der Waals surface area contributed by atoms with Gasteiger partial charge in [-0.15, -0.1) is 0 Å². The van der Waals surface area contributed by atoms with E-state index in [0.717, 1.165) is 19.3 Å². The zero-order valence-corrected chi connectivity index (χ0v) is 17.7. The topological polar surface area (TPSA) is 88.7 Å². The molecule has 0 fully saturated rings. The van der Waals surface area contributed by atoms with E-state index in [1.807, 2.05) is 30.3 Å². The monoisotopic (exact) mass is 413 g/mol. The van der Waals surface area contributed by atoms with Gasteiger partial charge in [-0.2, -0.15) is 0 Å². The number of carbonyl (C=O) groups excluding carboxylic acids is 2. The summed E-state index contributed by atoms with van der Waals surface area (Å²) in [5.74, 6) is 0.305. The smallest absolute Gasteiger partial charge is 0.251 e. The molecule has 162 valence electrons. The largest absolute Gasteiger partial charge is 0.491 e. The molecule has 0 bridgehead atoms. The van der Waals surface area contributed by atoms with Crippen molar-refractivity contribution in [3.8, 4) is 5.75 Å². The third-order valence-corrected chi connectivity index (χ3v) is 4.31. The van der Waals surface area contributed by atoms with Crippen LogP contribution in [0.2, 0.25) is 0 Å². The number of benzene rings is 2. The molecule has 0 saturated carbocycles. The van der Waals surface area contributed by atoms with Crippen LogP contribution in [0.25, 0.3) is 0 Å². The average molecular weight is 414 g/mol. The minimum atomic E-state index is -0.198. The summed E-state index contributed by atoms with van der Waals surface area (Å²) < 4.78 is 10.7. The first kappa shape index (κ1) is 23.2. The number of anilines is 2. The molecule has 2 amide bonds.